The SMILES string of the molecule is Cc1cccc(C(=O)N2CCCN(CC(=O)OC(C)C)CC2)c1. The van der Waals surface area contributed by atoms with Crippen molar-refractivity contribution in [2.45, 2.75) is 33.3 Å². The quantitative estimate of drug-likeness (QED) is 0.798. The third kappa shape index (κ3) is 5.36. The summed E-state index contributed by atoms with van der Waals surface area (Å²) >= 11 is 0. The maximum Gasteiger partial charge on any atom is 0.320 e. The highest BCUT2D eigenvalue weighted by atomic mass is 16.5. The molecule has 0 bridgehead atoms. The highest BCUT2D eigenvalue weighted by molar-refractivity contribution is 5.94. The van der Waals surface area contributed by atoms with Crippen LogP contribution in [0.15, 0.2) is 24.3 Å². The molecule has 1 fully saturated rings. The first-order valence-corrected chi connectivity index (χ1v) is 8.23. The van der Waals surface area contributed by atoms with Gasteiger partial charge in [0.15, 0.2) is 0 Å². The summed E-state index contributed by atoms with van der Waals surface area (Å²) in [6, 6.07) is 7.68. The van der Waals surface area contributed by atoms with Gasteiger partial charge in [0.1, 0.15) is 0 Å². The molecule has 1 aliphatic rings. The van der Waals surface area contributed by atoms with E-state index < -0.39 is 0 Å². The summed E-state index contributed by atoms with van der Waals surface area (Å²) in [5, 5.41) is 0. The Morgan fingerprint density at radius 3 is 2.65 bits per heavy atom. The molecular weight excluding hydrogens is 292 g/mol. The molecule has 0 spiro atoms. The zero-order valence-electron chi connectivity index (χ0n) is 14.2. The molecule has 0 saturated carbocycles. The maximum atomic E-state index is 12.6. The lowest BCUT2D eigenvalue weighted by Crippen LogP contribution is -2.37. The number of aryl methyl sites for hydroxylation is 1. The average molecular weight is 318 g/mol. The zero-order chi connectivity index (χ0) is 16.8. The van der Waals surface area contributed by atoms with Gasteiger partial charge in [-0.1, -0.05) is 17.7 Å². The molecule has 1 aromatic rings. The second kappa shape index (κ2) is 8.11. The van der Waals surface area contributed by atoms with Crippen molar-refractivity contribution in [3.8, 4) is 0 Å². The van der Waals surface area contributed by atoms with Gasteiger partial charge in [0.2, 0.25) is 0 Å². The van der Waals surface area contributed by atoms with Crippen molar-refractivity contribution in [1.29, 1.82) is 0 Å². The van der Waals surface area contributed by atoms with E-state index in [4.69, 9.17) is 4.74 Å². The monoisotopic (exact) mass is 318 g/mol. The molecule has 0 atom stereocenters. The van der Waals surface area contributed by atoms with E-state index in [1.54, 1.807) is 0 Å². The largest absolute Gasteiger partial charge is 0.462 e. The summed E-state index contributed by atoms with van der Waals surface area (Å²) < 4.78 is 5.19. The minimum Gasteiger partial charge on any atom is -0.462 e. The predicted octanol–water partition coefficient (Wildman–Crippen LogP) is 2.09. The normalized spacial score (nSPS) is 16.3. The Morgan fingerprint density at radius 1 is 1.17 bits per heavy atom. The van der Waals surface area contributed by atoms with Crippen LogP contribution in [0.5, 0.6) is 0 Å². The number of esters is 1. The molecule has 5 nitrogen and oxygen atoms in total. The number of carbonyl (C=O) groups excluding carboxylic acids is 2. The molecule has 0 aliphatic carbocycles. The fourth-order valence-electron chi connectivity index (χ4n) is 2.78. The van der Waals surface area contributed by atoms with Gasteiger partial charge in [0, 0.05) is 31.7 Å². The van der Waals surface area contributed by atoms with Crippen LogP contribution in [-0.2, 0) is 9.53 Å². The lowest BCUT2D eigenvalue weighted by molar-refractivity contribution is -0.148. The van der Waals surface area contributed by atoms with Crippen molar-refractivity contribution in [3.63, 3.8) is 0 Å². The fourth-order valence-corrected chi connectivity index (χ4v) is 2.78. The maximum absolute atomic E-state index is 12.6. The van der Waals surface area contributed by atoms with Gasteiger partial charge in [-0.05, 0) is 39.3 Å². The Hall–Kier alpha value is -1.88. The minimum atomic E-state index is -0.196. The third-order valence-corrected chi connectivity index (χ3v) is 3.86. The van der Waals surface area contributed by atoms with Crippen molar-refractivity contribution in [2.24, 2.45) is 0 Å². The molecule has 0 N–H and O–H groups in total. The van der Waals surface area contributed by atoms with Crippen LogP contribution in [0.1, 0.15) is 36.2 Å². The van der Waals surface area contributed by atoms with Crippen LogP contribution >= 0.6 is 0 Å². The van der Waals surface area contributed by atoms with Crippen LogP contribution in [0.3, 0.4) is 0 Å². The Labute approximate surface area is 138 Å². The third-order valence-electron chi connectivity index (χ3n) is 3.86. The van der Waals surface area contributed by atoms with Gasteiger partial charge < -0.3 is 9.64 Å². The molecule has 1 aliphatic heterocycles. The van der Waals surface area contributed by atoms with E-state index in [-0.39, 0.29) is 18.0 Å². The smallest absolute Gasteiger partial charge is 0.320 e. The lowest BCUT2D eigenvalue weighted by Gasteiger charge is -2.22. The fraction of sp³-hybridized carbons (Fsp3) is 0.556. The van der Waals surface area contributed by atoms with E-state index in [1.165, 1.54) is 0 Å². The molecule has 0 unspecified atom stereocenters. The highest BCUT2D eigenvalue weighted by Crippen LogP contribution is 2.11. The number of ether oxygens (including phenoxy) is 1. The highest BCUT2D eigenvalue weighted by Gasteiger charge is 2.22. The van der Waals surface area contributed by atoms with E-state index >= 15 is 0 Å². The van der Waals surface area contributed by atoms with Crippen molar-refractivity contribution in [3.05, 3.63) is 35.4 Å². The van der Waals surface area contributed by atoms with Crippen LogP contribution in [0.25, 0.3) is 0 Å². The number of hydrogen-bond donors (Lipinski definition) is 0. The van der Waals surface area contributed by atoms with E-state index in [2.05, 4.69) is 4.90 Å². The Kier molecular flexibility index (Phi) is 6.16. The topological polar surface area (TPSA) is 49.9 Å². The molecule has 1 amide bonds. The standard InChI is InChI=1S/C18H26N2O3/c1-14(2)23-17(21)13-19-8-5-9-20(11-10-19)18(22)16-7-4-6-15(3)12-16/h4,6-7,12,14H,5,8-11,13H2,1-3H3. The van der Waals surface area contributed by atoms with Gasteiger partial charge in [0.25, 0.3) is 5.91 Å². The number of rotatable bonds is 4. The van der Waals surface area contributed by atoms with Crippen molar-refractivity contribution >= 4 is 11.9 Å². The molecule has 1 aromatic carbocycles. The van der Waals surface area contributed by atoms with Crippen LogP contribution in [0.2, 0.25) is 0 Å². The van der Waals surface area contributed by atoms with Crippen molar-refractivity contribution in [1.82, 2.24) is 9.80 Å². The van der Waals surface area contributed by atoms with Gasteiger partial charge in [-0.2, -0.15) is 0 Å². The van der Waals surface area contributed by atoms with E-state index in [1.807, 2.05) is 49.9 Å². The molecule has 2 rings (SSSR count). The van der Waals surface area contributed by atoms with Crippen molar-refractivity contribution < 1.29 is 14.3 Å². The summed E-state index contributed by atoms with van der Waals surface area (Å²) in [4.78, 5) is 28.3. The first-order chi connectivity index (χ1) is 11.0. The molecule has 1 heterocycles. The molecule has 126 valence electrons. The summed E-state index contributed by atoms with van der Waals surface area (Å²) in [6.07, 6.45) is 0.779. The Bertz CT molecular complexity index is 557. The second-order valence-electron chi connectivity index (χ2n) is 6.33. The molecule has 5 heteroatoms. The van der Waals surface area contributed by atoms with Gasteiger partial charge in [0.05, 0.1) is 12.6 Å². The summed E-state index contributed by atoms with van der Waals surface area (Å²) in [5.74, 6) is -0.126. The van der Waals surface area contributed by atoms with Gasteiger partial charge in [-0.15, -0.1) is 0 Å². The van der Waals surface area contributed by atoms with Gasteiger partial charge >= 0.3 is 5.97 Å². The van der Waals surface area contributed by atoms with Crippen LogP contribution < -0.4 is 0 Å². The molecule has 0 radical (unpaired) electrons. The summed E-state index contributed by atoms with van der Waals surface area (Å²) in [6.45, 7) is 8.86. The van der Waals surface area contributed by atoms with E-state index in [9.17, 15) is 9.59 Å². The number of nitrogens with zero attached hydrogens (tertiary/aromatic N) is 2. The molecule has 0 aromatic heterocycles. The Balaban J connectivity index is 1.90. The first kappa shape index (κ1) is 17.5. The zero-order valence-corrected chi connectivity index (χ0v) is 14.2. The molecule has 1 saturated heterocycles. The van der Waals surface area contributed by atoms with Gasteiger partial charge in [-0.25, -0.2) is 0 Å². The van der Waals surface area contributed by atoms with Crippen LogP contribution in [0, 0.1) is 6.92 Å². The van der Waals surface area contributed by atoms with Crippen molar-refractivity contribution in [2.75, 3.05) is 32.7 Å². The number of amides is 1. The predicted molar refractivity (Wildman–Crippen MR) is 89.4 cm³/mol. The number of carbonyl (C=O) groups is 2. The second-order valence-corrected chi connectivity index (χ2v) is 6.33. The Morgan fingerprint density at radius 2 is 1.96 bits per heavy atom. The van der Waals surface area contributed by atoms with Crippen LogP contribution in [-0.4, -0.2) is 60.5 Å². The number of hydrogen-bond acceptors (Lipinski definition) is 4. The molecule has 23 heavy (non-hydrogen) atoms. The first-order valence-electron chi connectivity index (χ1n) is 8.23. The lowest BCUT2D eigenvalue weighted by atomic mass is 10.1. The van der Waals surface area contributed by atoms with Crippen LogP contribution in [0.4, 0.5) is 0 Å². The summed E-state index contributed by atoms with van der Waals surface area (Å²) in [7, 11) is 0. The summed E-state index contributed by atoms with van der Waals surface area (Å²) in [5.41, 5.74) is 1.82. The number of benzene rings is 1. The van der Waals surface area contributed by atoms with E-state index in [0.29, 0.717) is 19.6 Å². The average Bonchev–Trinajstić information content (AvgIpc) is 2.71. The molecular formula is C18H26N2O3. The minimum absolute atomic E-state index is 0.0697. The van der Waals surface area contributed by atoms with E-state index in [0.717, 1.165) is 30.6 Å². The van der Waals surface area contributed by atoms with Gasteiger partial charge in [-0.3, -0.25) is 14.5 Å².